The molecule has 1 unspecified atom stereocenters. The van der Waals surface area contributed by atoms with E-state index in [4.69, 9.17) is 5.73 Å². The molecule has 0 spiro atoms. The first-order chi connectivity index (χ1) is 8.06. The van der Waals surface area contributed by atoms with Crippen LogP contribution >= 0.6 is 0 Å². The van der Waals surface area contributed by atoms with Crippen molar-refractivity contribution in [3.63, 3.8) is 0 Å². The van der Waals surface area contributed by atoms with Crippen LogP contribution in [0.25, 0.3) is 0 Å². The second-order valence-corrected chi connectivity index (χ2v) is 4.80. The zero-order chi connectivity index (χ0) is 13.3. The van der Waals surface area contributed by atoms with Crippen LogP contribution in [0.2, 0.25) is 0 Å². The van der Waals surface area contributed by atoms with Gasteiger partial charge < -0.3 is 15.5 Å². The highest BCUT2D eigenvalue weighted by Crippen LogP contribution is 2.09. The summed E-state index contributed by atoms with van der Waals surface area (Å²) in [4.78, 5) is 16.3. The fourth-order valence-corrected chi connectivity index (χ4v) is 1.95. The number of hydrogen-bond donors (Lipinski definition) is 1. The van der Waals surface area contributed by atoms with Gasteiger partial charge in [0.1, 0.15) is 0 Å². The molecule has 0 fully saturated rings. The van der Waals surface area contributed by atoms with Crippen LogP contribution in [-0.2, 0) is 4.79 Å². The van der Waals surface area contributed by atoms with E-state index < -0.39 is 0 Å². The first kappa shape index (κ1) is 16.4. The average molecular weight is 243 g/mol. The highest BCUT2D eigenvalue weighted by Gasteiger charge is 2.20. The Morgan fingerprint density at radius 1 is 1.24 bits per heavy atom. The van der Waals surface area contributed by atoms with Crippen LogP contribution in [0.15, 0.2) is 0 Å². The van der Waals surface area contributed by atoms with Crippen molar-refractivity contribution in [1.82, 2.24) is 9.80 Å². The van der Waals surface area contributed by atoms with E-state index in [0.717, 1.165) is 38.9 Å². The van der Waals surface area contributed by atoms with Gasteiger partial charge in [-0.15, -0.1) is 0 Å². The lowest BCUT2D eigenvalue weighted by Gasteiger charge is -2.26. The Balaban J connectivity index is 4.18. The molecular weight excluding hydrogens is 214 g/mol. The van der Waals surface area contributed by atoms with Crippen LogP contribution in [0.1, 0.15) is 33.1 Å². The van der Waals surface area contributed by atoms with E-state index in [1.54, 1.807) is 0 Å². The third-order valence-corrected chi connectivity index (χ3v) is 3.00. The van der Waals surface area contributed by atoms with Crippen LogP contribution in [0.5, 0.6) is 0 Å². The molecule has 4 heteroatoms. The number of carbonyl (C=O) groups is 1. The van der Waals surface area contributed by atoms with Gasteiger partial charge in [0, 0.05) is 19.6 Å². The molecule has 2 N–H and O–H groups in total. The lowest BCUT2D eigenvalue weighted by molar-refractivity contribution is -0.135. The van der Waals surface area contributed by atoms with Crippen molar-refractivity contribution in [3.8, 4) is 0 Å². The normalized spacial score (nSPS) is 12.8. The molecule has 1 amide bonds. The van der Waals surface area contributed by atoms with E-state index in [-0.39, 0.29) is 11.8 Å². The maximum atomic E-state index is 12.2. The van der Waals surface area contributed by atoms with Crippen molar-refractivity contribution in [1.29, 1.82) is 0 Å². The molecule has 1 atom stereocenters. The summed E-state index contributed by atoms with van der Waals surface area (Å²) in [6, 6.07) is 0. The molecule has 0 bridgehead atoms. The number of hydrogen-bond acceptors (Lipinski definition) is 3. The van der Waals surface area contributed by atoms with Gasteiger partial charge >= 0.3 is 0 Å². The second kappa shape index (κ2) is 9.42. The van der Waals surface area contributed by atoms with Crippen LogP contribution in [0.3, 0.4) is 0 Å². The zero-order valence-corrected chi connectivity index (χ0v) is 11.9. The quantitative estimate of drug-likeness (QED) is 0.661. The van der Waals surface area contributed by atoms with Gasteiger partial charge in [0.15, 0.2) is 0 Å². The van der Waals surface area contributed by atoms with Crippen LogP contribution < -0.4 is 5.73 Å². The summed E-state index contributed by atoms with van der Waals surface area (Å²) >= 11 is 0. The Hall–Kier alpha value is -0.610. The van der Waals surface area contributed by atoms with Crippen molar-refractivity contribution < 1.29 is 4.79 Å². The molecule has 0 heterocycles. The molecule has 102 valence electrons. The summed E-state index contributed by atoms with van der Waals surface area (Å²) in [5.41, 5.74) is 5.67. The topological polar surface area (TPSA) is 49.6 Å². The van der Waals surface area contributed by atoms with Crippen LogP contribution in [0.4, 0.5) is 0 Å². The largest absolute Gasteiger partial charge is 0.343 e. The molecule has 0 aliphatic carbocycles. The molecule has 0 aromatic carbocycles. The van der Waals surface area contributed by atoms with Crippen molar-refractivity contribution in [2.24, 2.45) is 11.7 Å². The number of carbonyl (C=O) groups excluding carboxylic acids is 1. The summed E-state index contributed by atoms with van der Waals surface area (Å²) in [5, 5.41) is 0. The molecule has 0 aromatic heterocycles. The maximum absolute atomic E-state index is 12.2. The van der Waals surface area contributed by atoms with Crippen molar-refractivity contribution in [3.05, 3.63) is 0 Å². The Labute approximate surface area is 106 Å². The van der Waals surface area contributed by atoms with Gasteiger partial charge in [-0.05, 0) is 40.4 Å². The number of amides is 1. The van der Waals surface area contributed by atoms with Gasteiger partial charge in [-0.25, -0.2) is 0 Å². The van der Waals surface area contributed by atoms with Gasteiger partial charge in [-0.3, -0.25) is 4.79 Å². The molecule has 0 radical (unpaired) electrons. The van der Waals surface area contributed by atoms with Gasteiger partial charge in [-0.1, -0.05) is 13.3 Å². The third-order valence-electron chi connectivity index (χ3n) is 3.00. The molecule has 0 saturated carbocycles. The predicted molar refractivity (Wildman–Crippen MR) is 72.9 cm³/mol. The van der Waals surface area contributed by atoms with Gasteiger partial charge in [0.2, 0.25) is 5.91 Å². The van der Waals surface area contributed by atoms with E-state index in [9.17, 15) is 4.79 Å². The Bertz CT molecular complexity index is 207. The summed E-state index contributed by atoms with van der Waals surface area (Å²) in [7, 11) is 4.11. The number of nitrogens with zero attached hydrogens (tertiary/aromatic N) is 2. The van der Waals surface area contributed by atoms with Crippen LogP contribution in [-0.4, -0.2) is 56.0 Å². The standard InChI is InChI=1S/C13H29N3O/c1-5-8-12(11-14)13(17)16(6-2)10-7-9-15(3)4/h12H,5-11,14H2,1-4H3. The SMILES string of the molecule is CCCC(CN)C(=O)N(CC)CCCN(C)C. The Morgan fingerprint density at radius 3 is 2.29 bits per heavy atom. The molecule has 0 aromatic rings. The summed E-state index contributed by atoms with van der Waals surface area (Å²) in [6.45, 7) is 7.24. The van der Waals surface area contributed by atoms with Gasteiger partial charge in [-0.2, -0.15) is 0 Å². The van der Waals surface area contributed by atoms with Crippen molar-refractivity contribution >= 4 is 5.91 Å². The highest BCUT2D eigenvalue weighted by molar-refractivity contribution is 5.79. The summed E-state index contributed by atoms with van der Waals surface area (Å²) in [5.74, 6) is 0.245. The number of nitrogens with two attached hydrogens (primary N) is 1. The van der Waals surface area contributed by atoms with Crippen molar-refractivity contribution in [2.75, 3.05) is 40.3 Å². The first-order valence-electron chi connectivity index (χ1n) is 6.70. The van der Waals surface area contributed by atoms with Gasteiger partial charge in [0.05, 0.1) is 5.92 Å². The second-order valence-electron chi connectivity index (χ2n) is 4.80. The van der Waals surface area contributed by atoms with E-state index in [1.807, 2.05) is 11.8 Å². The molecular formula is C13H29N3O. The average Bonchev–Trinajstić information content (AvgIpc) is 2.30. The van der Waals surface area contributed by atoms with Crippen LogP contribution in [0, 0.1) is 5.92 Å². The lowest BCUT2D eigenvalue weighted by Crippen LogP contribution is -2.40. The minimum Gasteiger partial charge on any atom is -0.343 e. The first-order valence-corrected chi connectivity index (χ1v) is 6.70. The smallest absolute Gasteiger partial charge is 0.226 e. The maximum Gasteiger partial charge on any atom is 0.226 e. The molecule has 0 aliphatic heterocycles. The van der Waals surface area contributed by atoms with E-state index >= 15 is 0 Å². The third kappa shape index (κ3) is 6.64. The van der Waals surface area contributed by atoms with E-state index in [2.05, 4.69) is 25.9 Å². The summed E-state index contributed by atoms with van der Waals surface area (Å²) < 4.78 is 0. The summed E-state index contributed by atoms with van der Waals surface area (Å²) in [6.07, 6.45) is 2.94. The zero-order valence-electron chi connectivity index (χ0n) is 11.9. The Morgan fingerprint density at radius 2 is 1.88 bits per heavy atom. The van der Waals surface area contributed by atoms with Gasteiger partial charge in [0.25, 0.3) is 0 Å². The fraction of sp³-hybridized carbons (Fsp3) is 0.923. The monoisotopic (exact) mass is 243 g/mol. The lowest BCUT2D eigenvalue weighted by atomic mass is 10.0. The molecule has 0 aliphatic rings. The molecule has 0 rings (SSSR count). The number of rotatable bonds is 9. The molecule has 4 nitrogen and oxygen atoms in total. The highest BCUT2D eigenvalue weighted by atomic mass is 16.2. The minimum absolute atomic E-state index is 0.0132. The molecule has 17 heavy (non-hydrogen) atoms. The fourth-order valence-electron chi connectivity index (χ4n) is 1.95. The Kier molecular flexibility index (Phi) is 9.09. The minimum atomic E-state index is 0.0132. The van der Waals surface area contributed by atoms with E-state index in [0.29, 0.717) is 6.54 Å². The molecule has 0 saturated heterocycles. The van der Waals surface area contributed by atoms with E-state index in [1.165, 1.54) is 0 Å². The van der Waals surface area contributed by atoms with Crippen molar-refractivity contribution in [2.45, 2.75) is 33.1 Å². The predicted octanol–water partition coefficient (Wildman–Crippen LogP) is 1.16.